The molecule has 0 unspecified atom stereocenters. The smallest absolute Gasteiger partial charge is 0.127 e. The maximum Gasteiger partial charge on any atom is 0.127 e. The summed E-state index contributed by atoms with van der Waals surface area (Å²) in [6, 6.07) is 7.17. The highest BCUT2D eigenvalue weighted by atomic mass is 19.1. The summed E-state index contributed by atoms with van der Waals surface area (Å²) >= 11 is 0. The van der Waals surface area contributed by atoms with E-state index in [2.05, 4.69) is 10.2 Å². The van der Waals surface area contributed by atoms with Crippen LogP contribution in [0.4, 0.5) is 4.39 Å². The van der Waals surface area contributed by atoms with Crippen molar-refractivity contribution in [3.05, 3.63) is 35.6 Å². The third-order valence-corrected chi connectivity index (χ3v) is 4.59. The Morgan fingerprint density at radius 1 is 1.16 bits per heavy atom. The molecule has 1 spiro atoms. The first-order valence-corrected chi connectivity index (χ1v) is 7.48. The van der Waals surface area contributed by atoms with Gasteiger partial charge in [-0.15, -0.1) is 0 Å². The average Bonchev–Trinajstić information content (AvgIpc) is 2.76. The molecule has 0 amide bonds. The first-order chi connectivity index (χ1) is 9.27. The number of rotatable bonds is 2. The molecule has 2 fully saturated rings. The Balaban J connectivity index is 1.71. The van der Waals surface area contributed by atoms with Crippen LogP contribution in [0, 0.1) is 5.82 Å². The fourth-order valence-corrected chi connectivity index (χ4v) is 3.61. The van der Waals surface area contributed by atoms with E-state index in [0.29, 0.717) is 5.54 Å². The molecule has 3 heteroatoms. The van der Waals surface area contributed by atoms with E-state index in [4.69, 9.17) is 0 Å². The fourth-order valence-electron chi connectivity index (χ4n) is 3.61. The van der Waals surface area contributed by atoms with Crippen LogP contribution in [-0.4, -0.2) is 30.1 Å². The Labute approximate surface area is 115 Å². The monoisotopic (exact) mass is 262 g/mol. The van der Waals surface area contributed by atoms with Gasteiger partial charge in [-0.2, -0.15) is 0 Å². The Morgan fingerprint density at radius 2 is 1.95 bits per heavy atom. The molecule has 0 aromatic heterocycles. The normalized spacial score (nSPS) is 23.6. The second-order valence-corrected chi connectivity index (χ2v) is 6.07. The van der Waals surface area contributed by atoms with Crippen molar-refractivity contribution in [1.82, 2.24) is 10.2 Å². The van der Waals surface area contributed by atoms with Crippen molar-refractivity contribution in [2.24, 2.45) is 0 Å². The van der Waals surface area contributed by atoms with Crippen LogP contribution in [0.1, 0.15) is 37.7 Å². The minimum absolute atomic E-state index is 0.0693. The Hall–Kier alpha value is -0.930. The minimum atomic E-state index is -0.0693. The van der Waals surface area contributed by atoms with E-state index in [9.17, 15) is 4.39 Å². The largest absolute Gasteiger partial charge is 0.310 e. The van der Waals surface area contributed by atoms with Crippen LogP contribution in [0.2, 0.25) is 0 Å². The van der Waals surface area contributed by atoms with Gasteiger partial charge in [0.15, 0.2) is 0 Å². The first-order valence-electron chi connectivity index (χ1n) is 7.48. The quantitative estimate of drug-likeness (QED) is 0.881. The lowest BCUT2D eigenvalue weighted by molar-refractivity contribution is 0.201. The molecule has 1 aliphatic carbocycles. The summed E-state index contributed by atoms with van der Waals surface area (Å²) in [6.07, 6.45) is 6.39. The molecule has 1 saturated heterocycles. The van der Waals surface area contributed by atoms with E-state index in [-0.39, 0.29) is 5.82 Å². The van der Waals surface area contributed by atoms with Crippen LogP contribution in [0.5, 0.6) is 0 Å². The maximum absolute atomic E-state index is 13.8. The van der Waals surface area contributed by atoms with Gasteiger partial charge in [0.05, 0.1) is 0 Å². The average molecular weight is 262 g/mol. The SMILES string of the molecule is Fc1ccccc1CN1CCCNC2(CCCC2)C1. The number of nitrogens with one attached hydrogen (secondary N) is 1. The summed E-state index contributed by atoms with van der Waals surface area (Å²) in [5, 5.41) is 3.75. The number of hydrogen-bond donors (Lipinski definition) is 1. The van der Waals surface area contributed by atoms with Gasteiger partial charge >= 0.3 is 0 Å². The molecule has 0 bridgehead atoms. The third kappa shape index (κ3) is 2.98. The molecule has 2 nitrogen and oxygen atoms in total. The molecule has 1 aliphatic heterocycles. The predicted octanol–water partition coefficient (Wildman–Crippen LogP) is 2.93. The van der Waals surface area contributed by atoms with Gasteiger partial charge in [0.25, 0.3) is 0 Å². The Kier molecular flexibility index (Phi) is 3.85. The molecule has 1 aromatic rings. The van der Waals surface area contributed by atoms with Crippen molar-refractivity contribution in [2.75, 3.05) is 19.6 Å². The van der Waals surface area contributed by atoms with E-state index in [0.717, 1.165) is 38.2 Å². The van der Waals surface area contributed by atoms with Crippen molar-refractivity contribution in [3.8, 4) is 0 Å². The summed E-state index contributed by atoms with van der Waals surface area (Å²) in [7, 11) is 0. The predicted molar refractivity (Wildman–Crippen MR) is 75.5 cm³/mol. The van der Waals surface area contributed by atoms with Crippen molar-refractivity contribution < 1.29 is 4.39 Å². The number of halogens is 1. The van der Waals surface area contributed by atoms with E-state index < -0.39 is 0 Å². The van der Waals surface area contributed by atoms with Gasteiger partial charge in [0.2, 0.25) is 0 Å². The van der Waals surface area contributed by atoms with Gasteiger partial charge in [0.1, 0.15) is 5.82 Å². The highest BCUT2D eigenvalue weighted by molar-refractivity contribution is 5.17. The van der Waals surface area contributed by atoms with E-state index in [1.807, 2.05) is 12.1 Å². The second kappa shape index (κ2) is 5.59. The highest BCUT2D eigenvalue weighted by Crippen LogP contribution is 2.32. The molecule has 1 heterocycles. The highest BCUT2D eigenvalue weighted by Gasteiger charge is 2.36. The van der Waals surface area contributed by atoms with Crippen LogP contribution in [0.3, 0.4) is 0 Å². The van der Waals surface area contributed by atoms with Crippen LogP contribution in [-0.2, 0) is 6.54 Å². The molecular formula is C16H23FN2. The Bertz CT molecular complexity index is 427. The zero-order chi connectivity index (χ0) is 13.1. The molecule has 3 rings (SSSR count). The van der Waals surface area contributed by atoms with Gasteiger partial charge in [-0.25, -0.2) is 4.39 Å². The van der Waals surface area contributed by atoms with E-state index in [1.165, 1.54) is 25.7 Å². The zero-order valence-corrected chi connectivity index (χ0v) is 11.5. The number of nitrogens with zero attached hydrogens (tertiary/aromatic N) is 1. The van der Waals surface area contributed by atoms with Crippen molar-refractivity contribution in [1.29, 1.82) is 0 Å². The lowest BCUT2D eigenvalue weighted by Crippen LogP contribution is -2.49. The third-order valence-electron chi connectivity index (χ3n) is 4.59. The summed E-state index contributed by atoms with van der Waals surface area (Å²) in [5.74, 6) is -0.0693. The fraction of sp³-hybridized carbons (Fsp3) is 0.625. The van der Waals surface area contributed by atoms with Gasteiger partial charge in [-0.1, -0.05) is 31.0 Å². The van der Waals surface area contributed by atoms with E-state index >= 15 is 0 Å². The maximum atomic E-state index is 13.8. The molecular weight excluding hydrogens is 239 g/mol. The van der Waals surface area contributed by atoms with Gasteiger partial charge in [-0.3, -0.25) is 4.90 Å². The molecule has 19 heavy (non-hydrogen) atoms. The summed E-state index contributed by atoms with van der Waals surface area (Å²) in [4.78, 5) is 2.43. The molecule has 0 atom stereocenters. The van der Waals surface area contributed by atoms with Crippen LogP contribution >= 0.6 is 0 Å². The Morgan fingerprint density at radius 3 is 2.74 bits per heavy atom. The van der Waals surface area contributed by atoms with Gasteiger partial charge < -0.3 is 5.32 Å². The summed E-state index contributed by atoms with van der Waals surface area (Å²) < 4.78 is 13.8. The number of hydrogen-bond acceptors (Lipinski definition) is 2. The molecule has 2 aliphatic rings. The van der Waals surface area contributed by atoms with Crippen molar-refractivity contribution in [2.45, 2.75) is 44.2 Å². The second-order valence-electron chi connectivity index (χ2n) is 6.07. The van der Waals surface area contributed by atoms with Crippen molar-refractivity contribution >= 4 is 0 Å². The molecule has 104 valence electrons. The summed E-state index contributed by atoms with van der Waals surface area (Å²) in [5.41, 5.74) is 1.14. The minimum Gasteiger partial charge on any atom is -0.310 e. The molecule has 0 radical (unpaired) electrons. The first kappa shape index (κ1) is 13.1. The lowest BCUT2D eigenvalue weighted by Gasteiger charge is -2.33. The van der Waals surface area contributed by atoms with Crippen LogP contribution < -0.4 is 5.32 Å². The van der Waals surface area contributed by atoms with Gasteiger partial charge in [0, 0.05) is 24.2 Å². The molecule has 1 aromatic carbocycles. The zero-order valence-electron chi connectivity index (χ0n) is 11.5. The van der Waals surface area contributed by atoms with Crippen LogP contribution in [0.25, 0.3) is 0 Å². The van der Waals surface area contributed by atoms with Crippen molar-refractivity contribution in [3.63, 3.8) is 0 Å². The van der Waals surface area contributed by atoms with E-state index in [1.54, 1.807) is 12.1 Å². The number of benzene rings is 1. The lowest BCUT2D eigenvalue weighted by atomic mass is 9.97. The topological polar surface area (TPSA) is 15.3 Å². The van der Waals surface area contributed by atoms with Crippen LogP contribution in [0.15, 0.2) is 24.3 Å². The van der Waals surface area contributed by atoms with Gasteiger partial charge in [-0.05, 0) is 38.4 Å². The summed E-state index contributed by atoms with van der Waals surface area (Å²) in [6.45, 7) is 3.99. The molecule has 1 saturated carbocycles. The standard InChI is InChI=1S/C16H23FN2/c17-15-7-2-1-6-14(15)12-19-11-5-10-18-16(13-19)8-3-4-9-16/h1-2,6-7,18H,3-5,8-13H2. The molecule has 1 N–H and O–H groups in total.